The molecule has 2 aliphatic heterocycles. The van der Waals surface area contributed by atoms with Crippen molar-refractivity contribution in [2.24, 2.45) is 33.2 Å². The van der Waals surface area contributed by atoms with E-state index in [4.69, 9.17) is 9.47 Å². The number of carbonyl (C=O) groups excluding carboxylic acids is 2. The molecule has 3 aromatic rings. The van der Waals surface area contributed by atoms with E-state index in [0.717, 1.165) is 67.8 Å². The maximum absolute atomic E-state index is 14.8. The molecular formula is C48H63FN4O4. The normalized spacial score (nSPS) is 19.4. The molecular weight excluding hydrogens is 716 g/mol. The Labute approximate surface area is 339 Å². The summed E-state index contributed by atoms with van der Waals surface area (Å²) in [6, 6.07) is 24.1. The highest BCUT2D eigenvalue weighted by molar-refractivity contribution is 5.79. The van der Waals surface area contributed by atoms with Gasteiger partial charge in [-0.2, -0.15) is 0 Å². The summed E-state index contributed by atoms with van der Waals surface area (Å²) < 4.78 is 25.8. The number of nitrogens with zero attached hydrogens (tertiary/aromatic N) is 3. The number of amides is 2. The van der Waals surface area contributed by atoms with Gasteiger partial charge in [0.05, 0.1) is 0 Å². The molecule has 1 saturated heterocycles. The summed E-state index contributed by atoms with van der Waals surface area (Å²) in [5.74, 6) is 1.26. The zero-order chi connectivity index (χ0) is 40.1. The van der Waals surface area contributed by atoms with Crippen molar-refractivity contribution in [1.82, 2.24) is 10.2 Å². The van der Waals surface area contributed by atoms with E-state index in [-0.39, 0.29) is 23.2 Å². The Kier molecular flexibility index (Phi) is 14.9. The number of likely N-dealkylation sites (tertiary alicyclic amines) is 1. The quantitative estimate of drug-likeness (QED) is 0.157. The average Bonchev–Trinajstić information content (AvgIpc) is 3.21. The fourth-order valence-corrected chi connectivity index (χ4v) is 9.26. The highest BCUT2D eigenvalue weighted by Crippen LogP contribution is 2.49. The smallest absolute Gasteiger partial charge is 0.407 e. The van der Waals surface area contributed by atoms with E-state index >= 15 is 0 Å². The third-order valence-electron chi connectivity index (χ3n) is 12.3. The van der Waals surface area contributed by atoms with Gasteiger partial charge in [-0.15, -0.1) is 0 Å². The zero-order valence-electron chi connectivity index (χ0n) is 34.3. The summed E-state index contributed by atoms with van der Waals surface area (Å²) in [5, 5.41) is 3.13. The molecule has 3 aromatic carbocycles. The predicted octanol–water partition coefficient (Wildman–Crippen LogP) is 10.2. The van der Waals surface area contributed by atoms with Crippen molar-refractivity contribution < 1.29 is 23.5 Å². The summed E-state index contributed by atoms with van der Waals surface area (Å²) in [5.41, 5.74) is 2.57. The molecule has 3 atom stereocenters. The van der Waals surface area contributed by atoms with Crippen molar-refractivity contribution in [3.8, 4) is 5.75 Å². The molecule has 2 heterocycles. The standard InChI is InChI=1S/C48H63FN4O4/c1-47(2,3)57-46(55)52-43(30-37-18-22-44(23-19-37)56-34-38-11-6-4-7-12-38)31-40(29-36-16-20-42(49)21-17-36)45(54)53-27-25-48(26-28-53,41-14-8-5-9-15-41)24-10-13-39-32-50-35-51-33-39/h4,6-7,11-12,16-23,32,35,39-41,43H,5,8-10,13-15,24-31,33-34H2,1-3H3,(H,52,55)/t39?,40-,43+/m0/s1. The Morgan fingerprint density at radius 3 is 2.25 bits per heavy atom. The number of piperidine rings is 1. The highest BCUT2D eigenvalue weighted by Gasteiger charge is 2.43. The number of alkyl carbamates (subject to hydrolysis) is 1. The molecule has 9 heteroatoms. The number of hydrogen-bond acceptors (Lipinski definition) is 6. The van der Waals surface area contributed by atoms with Gasteiger partial charge in [0, 0.05) is 43.7 Å². The molecule has 306 valence electrons. The molecule has 1 unspecified atom stereocenters. The van der Waals surface area contributed by atoms with E-state index in [1.54, 1.807) is 18.5 Å². The molecule has 6 rings (SSSR count). The maximum Gasteiger partial charge on any atom is 0.407 e. The van der Waals surface area contributed by atoms with Crippen LogP contribution in [0.5, 0.6) is 5.75 Å². The minimum absolute atomic E-state index is 0.105. The molecule has 3 aliphatic rings. The third kappa shape index (κ3) is 13.0. The molecule has 0 bridgehead atoms. The Morgan fingerprint density at radius 1 is 0.895 bits per heavy atom. The number of nitrogens with one attached hydrogen (secondary N) is 1. The summed E-state index contributed by atoms with van der Waals surface area (Å²) >= 11 is 0. The van der Waals surface area contributed by atoms with Gasteiger partial charge < -0.3 is 19.7 Å². The number of hydrogen-bond donors (Lipinski definition) is 1. The van der Waals surface area contributed by atoms with Gasteiger partial charge >= 0.3 is 6.09 Å². The molecule has 1 aliphatic carbocycles. The largest absolute Gasteiger partial charge is 0.489 e. The first-order valence-corrected chi connectivity index (χ1v) is 21.3. The van der Waals surface area contributed by atoms with Crippen LogP contribution in [0, 0.1) is 29.0 Å². The van der Waals surface area contributed by atoms with Crippen molar-refractivity contribution >= 4 is 24.6 Å². The fraction of sp³-hybridized carbons (Fsp3) is 0.542. The topological polar surface area (TPSA) is 92.6 Å². The van der Waals surface area contributed by atoms with Gasteiger partial charge in [-0.1, -0.05) is 80.3 Å². The van der Waals surface area contributed by atoms with Crippen molar-refractivity contribution in [2.75, 3.05) is 19.6 Å². The van der Waals surface area contributed by atoms with Crippen LogP contribution in [0.3, 0.4) is 0 Å². The SMILES string of the molecule is CC(C)(C)OC(=O)N[C@H](Cc1ccc(OCc2ccccc2)cc1)C[C@H](Cc1ccc(F)cc1)C(=O)N1CCC(CCCC2C=NC=NC2)(C2CCCCC2)CC1. The third-order valence-corrected chi connectivity index (χ3v) is 12.3. The lowest BCUT2D eigenvalue weighted by Crippen LogP contribution is -2.49. The van der Waals surface area contributed by atoms with E-state index in [1.165, 1.54) is 50.7 Å². The zero-order valence-corrected chi connectivity index (χ0v) is 34.3. The summed E-state index contributed by atoms with van der Waals surface area (Å²) in [6.07, 6.45) is 16.6. The molecule has 0 radical (unpaired) electrons. The van der Waals surface area contributed by atoms with Gasteiger partial charge in [-0.3, -0.25) is 9.79 Å². The number of ether oxygens (including phenoxy) is 2. The van der Waals surface area contributed by atoms with Crippen LogP contribution in [0.1, 0.15) is 108 Å². The first-order valence-electron chi connectivity index (χ1n) is 21.3. The maximum atomic E-state index is 14.8. The molecule has 0 aromatic heterocycles. The molecule has 2 amide bonds. The minimum Gasteiger partial charge on any atom is -0.489 e. The molecule has 57 heavy (non-hydrogen) atoms. The van der Waals surface area contributed by atoms with Gasteiger partial charge in [0.2, 0.25) is 5.91 Å². The van der Waals surface area contributed by atoms with E-state index in [0.29, 0.717) is 37.7 Å². The summed E-state index contributed by atoms with van der Waals surface area (Å²) in [7, 11) is 0. The van der Waals surface area contributed by atoms with Crippen LogP contribution < -0.4 is 10.1 Å². The van der Waals surface area contributed by atoms with Crippen molar-refractivity contribution in [2.45, 2.75) is 122 Å². The van der Waals surface area contributed by atoms with Crippen molar-refractivity contribution in [1.29, 1.82) is 0 Å². The van der Waals surface area contributed by atoms with Crippen LogP contribution in [-0.2, 0) is 29.0 Å². The molecule has 8 nitrogen and oxygen atoms in total. The Balaban J connectivity index is 1.17. The highest BCUT2D eigenvalue weighted by atomic mass is 19.1. The van der Waals surface area contributed by atoms with Gasteiger partial charge in [0.1, 0.15) is 30.1 Å². The number of benzene rings is 3. The lowest BCUT2D eigenvalue weighted by molar-refractivity contribution is -0.139. The lowest BCUT2D eigenvalue weighted by Gasteiger charge is -2.49. The van der Waals surface area contributed by atoms with Crippen molar-refractivity contribution in [3.63, 3.8) is 0 Å². The second kappa shape index (κ2) is 20.2. The number of carbonyl (C=O) groups is 2. The molecule has 2 fully saturated rings. The van der Waals surface area contributed by atoms with E-state index in [1.807, 2.05) is 75.4 Å². The number of halogens is 1. The van der Waals surface area contributed by atoms with Crippen molar-refractivity contribution in [3.05, 3.63) is 101 Å². The average molecular weight is 779 g/mol. The molecule has 0 spiro atoms. The number of aliphatic imine (C=N–C) groups is 2. The van der Waals surface area contributed by atoms with Gasteiger partial charge in [0.25, 0.3) is 0 Å². The first-order chi connectivity index (χ1) is 27.5. The predicted molar refractivity (Wildman–Crippen MR) is 226 cm³/mol. The Morgan fingerprint density at radius 2 is 1.58 bits per heavy atom. The fourth-order valence-electron chi connectivity index (χ4n) is 9.26. The monoisotopic (exact) mass is 778 g/mol. The molecule has 1 N–H and O–H groups in total. The number of rotatable bonds is 16. The Bertz CT molecular complexity index is 1760. The second-order valence-corrected chi connectivity index (χ2v) is 17.7. The van der Waals surface area contributed by atoms with Crippen LogP contribution in [0.4, 0.5) is 9.18 Å². The lowest BCUT2D eigenvalue weighted by atomic mass is 9.61. The molecule has 1 saturated carbocycles. The van der Waals surface area contributed by atoms with Gasteiger partial charge in [-0.25, -0.2) is 14.2 Å². The van der Waals surface area contributed by atoms with E-state index < -0.39 is 17.6 Å². The first kappa shape index (κ1) is 42.1. The van der Waals surface area contributed by atoms with Crippen LogP contribution >= 0.6 is 0 Å². The Hall–Kier alpha value is -4.53. The van der Waals surface area contributed by atoms with Gasteiger partial charge in [0.15, 0.2) is 0 Å². The van der Waals surface area contributed by atoms with E-state index in [2.05, 4.69) is 26.4 Å². The second-order valence-electron chi connectivity index (χ2n) is 17.7. The summed E-state index contributed by atoms with van der Waals surface area (Å²) in [4.78, 5) is 38.8. The van der Waals surface area contributed by atoms with Gasteiger partial charge in [-0.05, 0) is 131 Å². The van der Waals surface area contributed by atoms with Crippen LogP contribution in [0.15, 0.2) is 88.8 Å². The minimum atomic E-state index is -0.674. The van der Waals surface area contributed by atoms with E-state index in [9.17, 15) is 14.0 Å². The summed E-state index contributed by atoms with van der Waals surface area (Å²) in [6.45, 7) is 8.31. The van der Waals surface area contributed by atoms with Crippen LogP contribution in [0.2, 0.25) is 0 Å². The van der Waals surface area contributed by atoms with Crippen LogP contribution in [0.25, 0.3) is 0 Å². The van der Waals surface area contributed by atoms with Crippen LogP contribution in [-0.4, -0.2) is 60.7 Å².